The largest absolute Gasteiger partial charge is 0.471 e. The maximum atomic E-state index is 12.9. The average Bonchev–Trinajstić information content (AvgIpc) is 3.33. The number of rotatable bonds is 7. The number of benzene rings is 1. The van der Waals surface area contributed by atoms with E-state index in [1.165, 1.54) is 50.8 Å². The summed E-state index contributed by atoms with van der Waals surface area (Å²) in [4.78, 5) is 26.4. The second kappa shape index (κ2) is 8.55. The van der Waals surface area contributed by atoms with Crippen molar-refractivity contribution < 1.29 is 18.7 Å². The quantitative estimate of drug-likeness (QED) is 0.656. The second-order valence-corrected chi connectivity index (χ2v) is 6.34. The molecule has 2 amide bonds. The van der Waals surface area contributed by atoms with Gasteiger partial charge in [-0.3, -0.25) is 14.3 Å². The Labute approximate surface area is 166 Å². The molecule has 29 heavy (non-hydrogen) atoms. The monoisotopic (exact) mass is 400 g/mol. The van der Waals surface area contributed by atoms with Crippen LogP contribution in [0.15, 0.2) is 42.7 Å². The van der Waals surface area contributed by atoms with Crippen molar-refractivity contribution in [1.82, 2.24) is 24.5 Å². The van der Waals surface area contributed by atoms with Gasteiger partial charge < -0.3 is 15.0 Å². The van der Waals surface area contributed by atoms with Gasteiger partial charge in [-0.1, -0.05) is 0 Å². The molecule has 10 heteroatoms. The number of ether oxygens (including phenoxy) is 1. The molecule has 0 bridgehead atoms. The zero-order valence-corrected chi connectivity index (χ0v) is 16.3. The average molecular weight is 400 g/mol. The van der Waals surface area contributed by atoms with Crippen molar-refractivity contribution >= 4 is 17.5 Å². The number of hydrogen-bond donors (Lipinski definition) is 1. The van der Waals surface area contributed by atoms with Crippen LogP contribution >= 0.6 is 0 Å². The summed E-state index contributed by atoms with van der Waals surface area (Å²) in [6.07, 6.45) is 3.02. The number of aryl methyl sites for hydroxylation is 1. The summed E-state index contributed by atoms with van der Waals surface area (Å²) in [6.45, 7) is 2.39. The molecule has 0 aliphatic heterocycles. The smallest absolute Gasteiger partial charge is 0.276 e. The Bertz CT molecular complexity index is 1010. The molecule has 0 aliphatic carbocycles. The van der Waals surface area contributed by atoms with Crippen LogP contribution in [0.5, 0.6) is 5.75 Å². The van der Waals surface area contributed by atoms with Gasteiger partial charge >= 0.3 is 0 Å². The van der Waals surface area contributed by atoms with Crippen LogP contribution in [0.2, 0.25) is 0 Å². The Morgan fingerprint density at radius 1 is 1.21 bits per heavy atom. The van der Waals surface area contributed by atoms with Crippen molar-refractivity contribution in [3.05, 3.63) is 59.9 Å². The number of nitrogens with zero attached hydrogens (tertiary/aromatic N) is 5. The Hall–Kier alpha value is -3.69. The van der Waals surface area contributed by atoms with Crippen molar-refractivity contribution in [2.24, 2.45) is 0 Å². The lowest BCUT2D eigenvalue weighted by Crippen LogP contribution is -2.26. The van der Waals surface area contributed by atoms with E-state index in [4.69, 9.17) is 4.74 Å². The predicted molar refractivity (Wildman–Crippen MR) is 103 cm³/mol. The van der Waals surface area contributed by atoms with Crippen molar-refractivity contribution in [1.29, 1.82) is 0 Å². The predicted octanol–water partition coefficient (Wildman–Crippen LogP) is 2.23. The third-order valence-electron chi connectivity index (χ3n) is 4.05. The van der Waals surface area contributed by atoms with Gasteiger partial charge in [-0.15, -0.1) is 0 Å². The third-order valence-corrected chi connectivity index (χ3v) is 4.05. The first kappa shape index (κ1) is 20.1. The molecule has 0 fully saturated rings. The molecule has 0 radical (unpaired) electrons. The Balaban J connectivity index is 1.68. The maximum absolute atomic E-state index is 12.9. The van der Waals surface area contributed by atoms with Gasteiger partial charge in [0.05, 0.1) is 11.9 Å². The van der Waals surface area contributed by atoms with E-state index in [2.05, 4.69) is 15.5 Å². The fourth-order valence-electron chi connectivity index (χ4n) is 2.57. The number of hydrogen-bond acceptors (Lipinski definition) is 5. The van der Waals surface area contributed by atoms with Gasteiger partial charge in [0.1, 0.15) is 17.3 Å². The highest BCUT2D eigenvalue weighted by Gasteiger charge is 2.22. The van der Waals surface area contributed by atoms with Crippen LogP contribution in [-0.2, 0) is 13.3 Å². The highest BCUT2D eigenvalue weighted by molar-refractivity contribution is 6.07. The molecule has 0 aliphatic rings. The number of carbonyl (C=O) groups is 2. The maximum Gasteiger partial charge on any atom is 0.276 e. The van der Waals surface area contributed by atoms with Crippen molar-refractivity contribution in [3.63, 3.8) is 0 Å². The summed E-state index contributed by atoms with van der Waals surface area (Å²) >= 11 is 0. The number of amides is 2. The minimum atomic E-state index is -0.478. The van der Waals surface area contributed by atoms with E-state index in [0.29, 0.717) is 23.7 Å². The standard InChI is InChI=1S/C19H21FN6O3/c1-4-26-17(19(28)24(2)3)16(11-21-26)22-18(27)15-9-10-25(23-15)12-29-14-7-5-13(20)6-8-14/h5-11H,4,12H2,1-3H3,(H,22,27). The molecule has 3 rings (SSSR count). The van der Waals surface area contributed by atoms with Crippen molar-refractivity contribution in [2.75, 3.05) is 19.4 Å². The minimum Gasteiger partial charge on any atom is -0.471 e. The van der Waals surface area contributed by atoms with Crippen molar-refractivity contribution in [2.45, 2.75) is 20.2 Å². The first-order valence-corrected chi connectivity index (χ1v) is 8.89. The summed E-state index contributed by atoms with van der Waals surface area (Å²) < 4.78 is 21.4. The van der Waals surface area contributed by atoms with E-state index in [1.807, 2.05) is 6.92 Å². The number of halogens is 1. The molecule has 1 N–H and O–H groups in total. The first-order chi connectivity index (χ1) is 13.9. The Kier molecular flexibility index (Phi) is 5.91. The summed E-state index contributed by atoms with van der Waals surface area (Å²) in [5.74, 6) is -0.618. The number of anilines is 1. The molecule has 152 valence electrons. The molecule has 0 saturated carbocycles. The van der Waals surface area contributed by atoms with Crippen LogP contribution in [0.3, 0.4) is 0 Å². The number of carbonyl (C=O) groups excluding carboxylic acids is 2. The number of aromatic nitrogens is 4. The molecule has 3 aromatic rings. The normalized spacial score (nSPS) is 10.6. The SMILES string of the molecule is CCn1ncc(NC(=O)c2ccn(COc3ccc(F)cc3)n2)c1C(=O)N(C)C. The fraction of sp³-hybridized carbons (Fsp3) is 0.263. The lowest BCUT2D eigenvalue weighted by atomic mass is 10.3. The van der Waals surface area contributed by atoms with Gasteiger partial charge in [-0.05, 0) is 37.3 Å². The molecular formula is C19H21FN6O3. The van der Waals surface area contributed by atoms with Crippen LogP contribution in [0.1, 0.15) is 27.9 Å². The molecule has 2 heterocycles. The van der Waals surface area contributed by atoms with Gasteiger partial charge in [0.25, 0.3) is 11.8 Å². The van der Waals surface area contributed by atoms with Crippen LogP contribution in [0.4, 0.5) is 10.1 Å². The summed E-state index contributed by atoms with van der Waals surface area (Å²) in [6, 6.07) is 7.12. The Morgan fingerprint density at radius 3 is 2.59 bits per heavy atom. The van der Waals surface area contributed by atoms with Crippen LogP contribution in [0.25, 0.3) is 0 Å². The molecule has 2 aromatic heterocycles. The lowest BCUT2D eigenvalue weighted by Gasteiger charge is -2.13. The molecule has 0 unspecified atom stereocenters. The molecule has 9 nitrogen and oxygen atoms in total. The van der Waals surface area contributed by atoms with Gasteiger partial charge in [0.2, 0.25) is 0 Å². The van der Waals surface area contributed by atoms with E-state index in [9.17, 15) is 14.0 Å². The van der Waals surface area contributed by atoms with Crippen LogP contribution in [0, 0.1) is 5.82 Å². The highest BCUT2D eigenvalue weighted by Crippen LogP contribution is 2.18. The number of nitrogens with one attached hydrogen (secondary N) is 1. The van der Waals surface area contributed by atoms with E-state index < -0.39 is 5.91 Å². The molecule has 0 saturated heterocycles. The highest BCUT2D eigenvalue weighted by atomic mass is 19.1. The van der Waals surface area contributed by atoms with Gasteiger partial charge in [-0.2, -0.15) is 10.2 Å². The third kappa shape index (κ3) is 4.60. The van der Waals surface area contributed by atoms with Crippen LogP contribution < -0.4 is 10.1 Å². The zero-order valence-electron chi connectivity index (χ0n) is 16.3. The molecule has 1 aromatic carbocycles. The first-order valence-electron chi connectivity index (χ1n) is 8.89. The summed E-state index contributed by atoms with van der Waals surface area (Å²) in [5, 5.41) is 11.0. The molecule has 0 spiro atoms. The van der Waals surface area contributed by atoms with E-state index in [0.717, 1.165) is 0 Å². The summed E-state index contributed by atoms with van der Waals surface area (Å²) in [5.41, 5.74) is 0.762. The van der Waals surface area contributed by atoms with Gasteiger partial charge in [0.15, 0.2) is 12.4 Å². The molecular weight excluding hydrogens is 379 g/mol. The van der Waals surface area contributed by atoms with Crippen molar-refractivity contribution in [3.8, 4) is 5.75 Å². The van der Waals surface area contributed by atoms with E-state index >= 15 is 0 Å². The van der Waals surface area contributed by atoms with E-state index in [-0.39, 0.29) is 24.1 Å². The Morgan fingerprint density at radius 2 is 1.93 bits per heavy atom. The summed E-state index contributed by atoms with van der Waals surface area (Å²) in [7, 11) is 3.26. The topological polar surface area (TPSA) is 94.3 Å². The second-order valence-electron chi connectivity index (χ2n) is 6.34. The van der Waals surface area contributed by atoms with Gasteiger partial charge in [-0.25, -0.2) is 9.07 Å². The fourth-order valence-corrected chi connectivity index (χ4v) is 2.57. The molecule has 0 atom stereocenters. The van der Waals surface area contributed by atoms with Crippen LogP contribution in [-0.4, -0.2) is 50.4 Å². The minimum absolute atomic E-state index is 0.0526. The zero-order chi connectivity index (χ0) is 21.0. The lowest BCUT2D eigenvalue weighted by molar-refractivity contribution is 0.0816. The van der Waals surface area contributed by atoms with Gasteiger partial charge in [0, 0.05) is 26.8 Å². The van der Waals surface area contributed by atoms with E-state index in [1.54, 1.807) is 20.3 Å².